The van der Waals surface area contributed by atoms with Crippen LogP contribution in [0.1, 0.15) is 11.4 Å². The van der Waals surface area contributed by atoms with Crippen molar-refractivity contribution in [2.24, 2.45) is 0 Å². The van der Waals surface area contributed by atoms with Crippen LogP contribution in [-0.2, 0) is 13.1 Å². The average Bonchev–Trinajstić information content (AvgIpc) is 3.59. The molecule has 0 aliphatic carbocycles. The number of benzene rings is 2. The molecule has 0 radical (unpaired) electrons. The lowest BCUT2D eigenvalue weighted by molar-refractivity contribution is 0.814. The fourth-order valence-electron chi connectivity index (χ4n) is 3.68. The molecule has 0 fully saturated rings. The summed E-state index contributed by atoms with van der Waals surface area (Å²) in [5.74, 6) is 0. The molecule has 2 aromatic carbocycles. The fourth-order valence-corrected chi connectivity index (χ4v) is 3.85. The molecule has 0 saturated heterocycles. The van der Waals surface area contributed by atoms with Gasteiger partial charge in [-0.05, 0) is 41.1 Å². The summed E-state index contributed by atoms with van der Waals surface area (Å²) in [6.07, 6.45) is 11.2. The number of para-hydroxylation sites is 1. The van der Waals surface area contributed by atoms with Crippen molar-refractivity contribution in [3.63, 3.8) is 0 Å². The molecule has 4 heterocycles. The van der Waals surface area contributed by atoms with Crippen molar-refractivity contribution >= 4 is 33.4 Å². The highest BCUT2D eigenvalue weighted by atomic mass is 35.5. The Morgan fingerprint density at radius 1 is 0.710 bits per heavy atom. The van der Waals surface area contributed by atoms with E-state index in [-0.39, 0.29) is 0 Å². The highest BCUT2D eigenvalue weighted by Crippen LogP contribution is 2.21. The van der Waals surface area contributed by atoms with E-state index in [4.69, 9.17) is 11.6 Å². The zero-order valence-electron chi connectivity index (χ0n) is 16.7. The van der Waals surface area contributed by atoms with Gasteiger partial charge in [0.25, 0.3) is 0 Å². The van der Waals surface area contributed by atoms with Crippen LogP contribution >= 0.6 is 11.6 Å². The Morgan fingerprint density at radius 2 is 1.32 bits per heavy atom. The first-order valence-electron chi connectivity index (χ1n) is 9.99. The zero-order valence-corrected chi connectivity index (χ0v) is 17.5. The molecule has 0 saturated carbocycles. The quantitative estimate of drug-likeness (QED) is 0.390. The lowest BCUT2D eigenvalue weighted by Gasteiger charge is -2.03. The van der Waals surface area contributed by atoms with Crippen molar-refractivity contribution in [2.75, 3.05) is 0 Å². The van der Waals surface area contributed by atoms with E-state index in [0.29, 0.717) is 0 Å². The topological polar surface area (TPSA) is 67.2 Å². The van der Waals surface area contributed by atoms with Gasteiger partial charge in [-0.15, -0.1) is 0 Å². The second kappa shape index (κ2) is 8.53. The zero-order chi connectivity index (χ0) is 21.0. The Kier molecular flexibility index (Phi) is 5.29. The van der Waals surface area contributed by atoms with Crippen LogP contribution in [0.4, 0.5) is 0 Å². The highest BCUT2D eigenvalue weighted by molar-refractivity contribution is 6.31. The molecule has 0 amide bonds. The number of hydrogen-bond acceptors (Lipinski definition) is 2. The van der Waals surface area contributed by atoms with Crippen LogP contribution in [0.25, 0.3) is 21.8 Å². The van der Waals surface area contributed by atoms with Gasteiger partial charge >= 0.3 is 0 Å². The van der Waals surface area contributed by atoms with Crippen molar-refractivity contribution in [3.8, 4) is 0 Å². The second-order valence-corrected chi connectivity index (χ2v) is 7.74. The third-order valence-corrected chi connectivity index (χ3v) is 5.44. The third kappa shape index (κ3) is 4.25. The Bertz CT molecular complexity index is 1390. The number of nitrogens with one attached hydrogen (secondary N) is 2. The number of halogens is 1. The molecular weight excluding hydrogens is 408 g/mol. The molecule has 31 heavy (non-hydrogen) atoms. The van der Waals surface area contributed by atoms with Crippen LogP contribution in [-0.4, -0.2) is 29.1 Å². The summed E-state index contributed by atoms with van der Waals surface area (Å²) in [6.45, 7) is 1.62. The van der Waals surface area contributed by atoms with Crippen LogP contribution in [0, 0.1) is 0 Å². The highest BCUT2D eigenvalue weighted by Gasteiger charge is 2.03. The molecule has 2 N–H and O–H groups in total. The molecule has 0 unspecified atom stereocenters. The van der Waals surface area contributed by atoms with E-state index in [9.17, 15) is 0 Å². The van der Waals surface area contributed by atoms with Gasteiger partial charge in [0.1, 0.15) is 0 Å². The van der Waals surface area contributed by atoms with Gasteiger partial charge in [0.15, 0.2) is 0 Å². The fraction of sp³-hybridized carbons (Fsp3) is 0.0833. The van der Waals surface area contributed by atoms with Crippen LogP contribution in [0.3, 0.4) is 0 Å². The Hall–Kier alpha value is -3.77. The molecule has 4 aromatic heterocycles. The first-order valence-corrected chi connectivity index (χ1v) is 10.4. The van der Waals surface area contributed by atoms with Crippen LogP contribution in [0.15, 0.2) is 92.0 Å². The van der Waals surface area contributed by atoms with Gasteiger partial charge in [-0.3, -0.25) is 0 Å². The molecular formula is C24H21ClN6. The predicted molar refractivity (Wildman–Crippen MR) is 124 cm³/mol. The maximum absolute atomic E-state index is 6.00. The molecule has 0 aliphatic heterocycles. The van der Waals surface area contributed by atoms with Gasteiger partial charge < -0.3 is 19.1 Å². The molecule has 0 aliphatic rings. The van der Waals surface area contributed by atoms with Crippen molar-refractivity contribution in [1.29, 1.82) is 0 Å². The van der Waals surface area contributed by atoms with Gasteiger partial charge in [-0.1, -0.05) is 35.9 Å². The monoisotopic (exact) mass is 428 g/mol. The maximum Gasteiger partial charge on any atom is 0.0922 e. The smallest absolute Gasteiger partial charge is 0.0922 e. The Labute approximate surface area is 184 Å². The Morgan fingerprint density at radius 3 is 1.97 bits per heavy atom. The maximum atomic E-state index is 6.00. The number of fused-ring (bicyclic) bond motifs is 2. The third-order valence-electron chi connectivity index (χ3n) is 5.21. The minimum absolute atomic E-state index is 0.761. The first kappa shape index (κ1) is 19.2. The molecule has 6 nitrogen and oxygen atoms in total. The van der Waals surface area contributed by atoms with E-state index in [0.717, 1.165) is 35.0 Å². The summed E-state index contributed by atoms with van der Waals surface area (Å²) in [5, 5.41) is 3.23. The van der Waals surface area contributed by atoms with Crippen molar-refractivity contribution in [2.45, 2.75) is 13.1 Å². The summed E-state index contributed by atoms with van der Waals surface area (Å²) >= 11 is 6.00. The molecule has 6 aromatic rings. The van der Waals surface area contributed by atoms with Gasteiger partial charge in [-0.25, -0.2) is 9.97 Å². The Balaban J connectivity index is 0.000000132. The summed E-state index contributed by atoms with van der Waals surface area (Å²) in [5.41, 5.74) is 4.60. The summed E-state index contributed by atoms with van der Waals surface area (Å²) in [7, 11) is 0. The van der Waals surface area contributed by atoms with Crippen molar-refractivity contribution in [3.05, 3.63) is 108 Å². The average molecular weight is 429 g/mol. The molecule has 7 heteroatoms. The minimum atomic E-state index is 0.761. The SMILES string of the molecule is Clc1ccc2ccn(Cc3cnc[nH]3)c2c1.c1ccc2c(c1)ccn2Cc1cnc[nH]1. The van der Waals surface area contributed by atoms with Gasteiger partial charge in [0.05, 0.1) is 37.1 Å². The number of aromatic amines is 2. The van der Waals surface area contributed by atoms with E-state index in [1.807, 2.05) is 30.6 Å². The van der Waals surface area contributed by atoms with E-state index in [2.05, 4.69) is 77.9 Å². The number of rotatable bonds is 4. The molecule has 0 atom stereocenters. The molecule has 0 spiro atoms. The molecule has 0 bridgehead atoms. The van der Waals surface area contributed by atoms with Crippen LogP contribution in [0.5, 0.6) is 0 Å². The summed E-state index contributed by atoms with van der Waals surface area (Å²) in [4.78, 5) is 14.2. The summed E-state index contributed by atoms with van der Waals surface area (Å²) in [6, 6.07) is 18.5. The second-order valence-electron chi connectivity index (χ2n) is 7.30. The predicted octanol–water partition coefficient (Wildman–Crippen LogP) is 5.48. The first-order chi connectivity index (χ1) is 15.3. The van der Waals surface area contributed by atoms with Gasteiger partial charge in [-0.2, -0.15) is 0 Å². The number of nitrogens with zero attached hydrogens (tertiary/aromatic N) is 4. The lowest BCUT2D eigenvalue weighted by atomic mass is 10.2. The van der Waals surface area contributed by atoms with E-state index in [1.165, 1.54) is 16.3 Å². The molecule has 6 rings (SSSR count). The number of imidazole rings is 2. The van der Waals surface area contributed by atoms with Crippen molar-refractivity contribution in [1.82, 2.24) is 29.1 Å². The van der Waals surface area contributed by atoms with Gasteiger partial charge in [0.2, 0.25) is 0 Å². The van der Waals surface area contributed by atoms with E-state index in [1.54, 1.807) is 12.7 Å². The molecule has 154 valence electrons. The minimum Gasteiger partial charge on any atom is -0.347 e. The van der Waals surface area contributed by atoms with Gasteiger partial charge in [0, 0.05) is 40.8 Å². The lowest BCUT2D eigenvalue weighted by Crippen LogP contribution is -1.97. The van der Waals surface area contributed by atoms with Crippen molar-refractivity contribution < 1.29 is 0 Å². The number of hydrogen-bond donors (Lipinski definition) is 2. The van der Waals surface area contributed by atoms with Crippen LogP contribution in [0.2, 0.25) is 5.02 Å². The van der Waals surface area contributed by atoms with E-state index >= 15 is 0 Å². The normalized spacial score (nSPS) is 11.0. The number of H-pyrrole nitrogens is 2. The largest absolute Gasteiger partial charge is 0.347 e. The number of aromatic nitrogens is 6. The van der Waals surface area contributed by atoms with Crippen LogP contribution < -0.4 is 0 Å². The standard InChI is InChI=1S/C12H10ClN3.C12H11N3/c13-10-2-1-9-3-4-16(12(9)5-10)7-11-6-14-8-15-11;1-2-4-12-10(3-1)5-6-15(12)8-11-7-13-9-14-11/h1-6,8H,7H2,(H,14,15);1-7,9H,8H2,(H,13,14). The van der Waals surface area contributed by atoms with E-state index < -0.39 is 0 Å². The summed E-state index contributed by atoms with van der Waals surface area (Å²) < 4.78 is 4.36.